The first-order chi connectivity index (χ1) is 9.81. The molecule has 0 atom stereocenters. The van der Waals surface area contributed by atoms with Crippen LogP contribution >= 0.6 is 0 Å². The summed E-state index contributed by atoms with van der Waals surface area (Å²) < 4.78 is 10.6. The topological polar surface area (TPSA) is 55.8 Å². The zero-order valence-corrected chi connectivity index (χ0v) is 12.9. The number of carbonyl (C=O) groups excluding carboxylic acids is 2. The molecule has 0 spiro atoms. The van der Waals surface area contributed by atoms with Gasteiger partial charge in [-0.1, -0.05) is 6.07 Å². The predicted octanol–water partition coefficient (Wildman–Crippen LogP) is 3.30. The monoisotopic (exact) mass is 291 g/mol. The minimum atomic E-state index is -0.650. The molecule has 2 rings (SSSR count). The molecule has 0 saturated carbocycles. The highest BCUT2D eigenvalue weighted by molar-refractivity contribution is 6.13. The quantitative estimate of drug-likeness (QED) is 0.796. The van der Waals surface area contributed by atoms with Crippen LogP contribution in [0.4, 0.5) is 10.5 Å². The summed E-state index contributed by atoms with van der Waals surface area (Å²) in [4.78, 5) is 25.8. The first kappa shape index (κ1) is 15.4. The van der Waals surface area contributed by atoms with Gasteiger partial charge >= 0.3 is 6.09 Å². The number of nitrogens with zero attached hydrogens (tertiary/aromatic N) is 1. The van der Waals surface area contributed by atoms with E-state index < -0.39 is 11.7 Å². The lowest BCUT2D eigenvalue weighted by Crippen LogP contribution is -2.40. The smallest absolute Gasteiger partial charge is 0.421 e. The highest BCUT2D eigenvalue weighted by Crippen LogP contribution is 2.31. The molecule has 1 aliphatic heterocycles. The van der Waals surface area contributed by atoms with Crippen LogP contribution in [-0.4, -0.2) is 24.7 Å². The zero-order chi connectivity index (χ0) is 15.6. The molecule has 5 heteroatoms. The van der Waals surface area contributed by atoms with Gasteiger partial charge in [-0.25, -0.2) is 9.69 Å². The van der Waals surface area contributed by atoms with E-state index in [0.717, 1.165) is 23.3 Å². The maximum absolute atomic E-state index is 12.4. The van der Waals surface area contributed by atoms with Crippen LogP contribution in [0.15, 0.2) is 18.2 Å². The summed E-state index contributed by atoms with van der Waals surface area (Å²) in [6, 6.07) is 5.44. The van der Waals surface area contributed by atoms with E-state index in [4.69, 9.17) is 9.47 Å². The minimum Gasteiger partial charge on any atom is -0.497 e. The molecule has 0 fully saturated rings. The first-order valence-corrected chi connectivity index (χ1v) is 7.04. The van der Waals surface area contributed by atoms with Crippen molar-refractivity contribution in [2.75, 3.05) is 12.0 Å². The molecule has 1 aromatic carbocycles. The van der Waals surface area contributed by atoms with E-state index in [1.54, 1.807) is 33.9 Å². The van der Waals surface area contributed by atoms with Gasteiger partial charge in [0.15, 0.2) is 0 Å². The number of amides is 2. The van der Waals surface area contributed by atoms with E-state index in [-0.39, 0.29) is 5.91 Å². The molecule has 1 heterocycles. The van der Waals surface area contributed by atoms with Gasteiger partial charge in [0.1, 0.15) is 11.4 Å². The Hall–Kier alpha value is -2.04. The van der Waals surface area contributed by atoms with Crippen molar-refractivity contribution in [1.82, 2.24) is 0 Å². The van der Waals surface area contributed by atoms with Gasteiger partial charge in [-0.05, 0) is 45.2 Å². The number of ether oxygens (including phenoxy) is 2. The van der Waals surface area contributed by atoms with Gasteiger partial charge in [-0.15, -0.1) is 0 Å². The Labute approximate surface area is 124 Å². The van der Waals surface area contributed by atoms with Crippen LogP contribution in [0, 0.1) is 0 Å². The van der Waals surface area contributed by atoms with E-state index in [9.17, 15) is 9.59 Å². The van der Waals surface area contributed by atoms with Gasteiger partial charge in [0.05, 0.1) is 12.8 Å². The van der Waals surface area contributed by atoms with Gasteiger partial charge in [0, 0.05) is 12.5 Å². The Morgan fingerprint density at radius 2 is 1.95 bits per heavy atom. The van der Waals surface area contributed by atoms with Gasteiger partial charge in [-0.2, -0.15) is 0 Å². The second-order valence-electron chi connectivity index (χ2n) is 6.06. The molecule has 1 aliphatic rings. The van der Waals surface area contributed by atoms with Crippen LogP contribution in [0.2, 0.25) is 0 Å². The fourth-order valence-corrected chi connectivity index (χ4v) is 2.27. The van der Waals surface area contributed by atoms with E-state index in [1.165, 1.54) is 0 Å². The second kappa shape index (κ2) is 5.76. The number of carbonyl (C=O) groups is 2. The van der Waals surface area contributed by atoms with E-state index >= 15 is 0 Å². The van der Waals surface area contributed by atoms with E-state index in [1.807, 2.05) is 12.1 Å². The molecule has 5 nitrogen and oxygen atoms in total. The Morgan fingerprint density at radius 1 is 1.24 bits per heavy atom. The third-order valence-corrected chi connectivity index (χ3v) is 3.20. The minimum absolute atomic E-state index is 0.240. The lowest BCUT2D eigenvalue weighted by molar-refractivity contribution is -0.118. The maximum Gasteiger partial charge on any atom is 0.421 e. The molecule has 114 valence electrons. The number of anilines is 1. The van der Waals surface area contributed by atoms with Gasteiger partial charge in [-0.3, -0.25) is 4.79 Å². The first-order valence-electron chi connectivity index (χ1n) is 7.04. The molecule has 0 aromatic heterocycles. The summed E-state index contributed by atoms with van der Waals surface area (Å²) >= 11 is 0. The van der Waals surface area contributed by atoms with Crippen molar-refractivity contribution in [3.05, 3.63) is 23.8 Å². The molecule has 0 bridgehead atoms. The van der Waals surface area contributed by atoms with Crippen LogP contribution in [0.3, 0.4) is 0 Å². The summed E-state index contributed by atoms with van der Waals surface area (Å²) in [6.07, 6.45) is 1.17. The highest BCUT2D eigenvalue weighted by atomic mass is 16.6. The molecule has 0 aliphatic carbocycles. The molecular formula is C16H21NO4. The van der Waals surface area contributed by atoms with E-state index in [0.29, 0.717) is 17.9 Å². The van der Waals surface area contributed by atoms with Gasteiger partial charge < -0.3 is 9.47 Å². The number of rotatable bonds is 1. The predicted molar refractivity (Wildman–Crippen MR) is 79.7 cm³/mol. The third kappa shape index (κ3) is 3.54. The average molecular weight is 291 g/mol. The van der Waals surface area contributed by atoms with E-state index in [2.05, 4.69) is 0 Å². The van der Waals surface area contributed by atoms with Crippen molar-refractivity contribution in [1.29, 1.82) is 0 Å². The number of hydrogen-bond donors (Lipinski definition) is 0. The number of methoxy groups -OCH3 is 1. The van der Waals surface area contributed by atoms with Crippen molar-refractivity contribution in [2.45, 2.75) is 45.6 Å². The van der Waals surface area contributed by atoms with Crippen molar-refractivity contribution in [2.24, 2.45) is 0 Å². The standard InChI is InChI=1S/C16H21NO4/c1-16(2,3)21-15(19)17-13-10-12(20-4)9-8-11(13)6-5-7-14(17)18/h8-10H,5-7H2,1-4H3. The second-order valence-corrected chi connectivity index (χ2v) is 6.06. The maximum atomic E-state index is 12.4. The lowest BCUT2D eigenvalue weighted by atomic mass is 10.1. The molecule has 1 aromatic rings. The van der Waals surface area contributed by atoms with Gasteiger partial charge in [0.25, 0.3) is 0 Å². The van der Waals surface area contributed by atoms with Crippen molar-refractivity contribution in [3.63, 3.8) is 0 Å². The van der Waals surface area contributed by atoms with Crippen molar-refractivity contribution >= 4 is 17.7 Å². The number of fused-ring (bicyclic) bond motifs is 1. The SMILES string of the molecule is COc1ccc2c(c1)N(C(=O)OC(C)(C)C)C(=O)CCC2. The van der Waals surface area contributed by atoms with Crippen LogP contribution in [-0.2, 0) is 16.0 Å². The average Bonchev–Trinajstić information content (AvgIpc) is 2.53. The van der Waals surface area contributed by atoms with Crippen LogP contribution in [0.1, 0.15) is 39.2 Å². The normalized spacial score (nSPS) is 15.2. The number of benzene rings is 1. The molecule has 0 saturated heterocycles. The number of hydrogen-bond acceptors (Lipinski definition) is 4. The summed E-state index contributed by atoms with van der Waals surface area (Å²) in [5.41, 5.74) is 0.862. The largest absolute Gasteiger partial charge is 0.497 e. The Morgan fingerprint density at radius 3 is 2.57 bits per heavy atom. The highest BCUT2D eigenvalue weighted by Gasteiger charge is 2.31. The Bertz CT molecular complexity index is 560. The fraction of sp³-hybridized carbons (Fsp3) is 0.500. The van der Waals surface area contributed by atoms with Crippen molar-refractivity contribution in [3.8, 4) is 5.75 Å². The third-order valence-electron chi connectivity index (χ3n) is 3.20. The number of imide groups is 1. The zero-order valence-electron chi connectivity index (χ0n) is 12.9. The molecule has 0 radical (unpaired) electrons. The summed E-state index contributed by atoms with van der Waals surface area (Å²) in [5, 5.41) is 0. The van der Waals surface area contributed by atoms with Crippen LogP contribution < -0.4 is 9.64 Å². The summed E-state index contributed by atoms with van der Waals surface area (Å²) in [5.74, 6) is 0.369. The van der Waals surface area contributed by atoms with Crippen LogP contribution in [0.5, 0.6) is 5.75 Å². The summed E-state index contributed by atoms with van der Waals surface area (Å²) in [6.45, 7) is 5.33. The molecule has 0 unspecified atom stereocenters. The molecule has 0 N–H and O–H groups in total. The fourth-order valence-electron chi connectivity index (χ4n) is 2.27. The molecule has 2 amide bonds. The molecular weight excluding hydrogens is 270 g/mol. The Balaban J connectivity index is 2.43. The summed E-state index contributed by atoms with van der Waals surface area (Å²) in [7, 11) is 1.55. The number of aryl methyl sites for hydroxylation is 1. The van der Waals surface area contributed by atoms with Gasteiger partial charge in [0.2, 0.25) is 5.91 Å². The lowest BCUT2D eigenvalue weighted by Gasteiger charge is -2.26. The van der Waals surface area contributed by atoms with Crippen molar-refractivity contribution < 1.29 is 19.1 Å². The molecule has 21 heavy (non-hydrogen) atoms. The Kier molecular flexibility index (Phi) is 4.21. The van der Waals surface area contributed by atoms with Crippen LogP contribution in [0.25, 0.3) is 0 Å².